The Morgan fingerprint density at radius 1 is 0.614 bits per heavy atom. The Morgan fingerprint density at radius 3 is 1.66 bits per heavy atom. The van der Waals surface area contributed by atoms with Gasteiger partial charge in [0.15, 0.2) is 0 Å². The molecule has 0 radical (unpaired) electrons. The maximum absolute atomic E-state index is 11.8. The fourth-order valence-corrected chi connectivity index (χ4v) is 7.43. The number of hydrogen-bond acceptors (Lipinski definition) is 8. The van der Waals surface area contributed by atoms with E-state index in [2.05, 4.69) is 6.92 Å². The van der Waals surface area contributed by atoms with Crippen molar-refractivity contribution < 1.29 is 39.4 Å². The van der Waals surface area contributed by atoms with E-state index in [4.69, 9.17) is 14.2 Å². The molecule has 0 aromatic carbocycles. The number of cyclic esters (lactones) is 1. The molecule has 8 nitrogen and oxygen atoms in total. The summed E-state index contributed by atoms with van der Waals surface area (Å²) in [5, 5.41) is 42.4. The lowest BCUT2D eigenvalue weighted by molar-refractivity contribution is -0.146. The highest BCUT2D eigenvalue weighted by molar-refractivity contribution is 5.75. The molecule has 0 aliphatic carbocycles. The summed E-state index contributed by atoms with van der Waals surface area (Å²) in [7, 11) is 0. The standard InChI is InChI=1S/C36H66O8/c1-3-4-5-6-7-8-11-15-18-30(38)34-23-24-35(44-34)32(40)21-20-31(39)33-22-19-27(43-33)16-13-10-9-12-14-17-29(37)28-25-26(2)42-36(28)41/h26-35,37-40H,3-25H2,1-2H3/t26?,27?,28?,29?,30-,31-,32+,33-,34+,35+/m1/s1. The van der Waals surface area contributed by atoms with E-state index in [1.807, 2.05) is 6.92 Å². The summed E-state index contributed by atoms with van der Waals surface area (Å²) < 4.78 is 17.4. The third kappa shape index (κ3) is 13.5. The first-order chi connectivity index (χ1) is 21.3. The number of unbranched alkanes of at least 4 members (excludes halogenated alkanes) is 11. The van der Waals surface area contributed by atoms with Gasteiger partial charge in [-0.15, -0.1) is 0 Å². The molecule has 4 unspecified atom stereocenters. The number of ether oxygens (including phenoxy) is 3. The van der Waals surface area contributed by atoms with Crippen molar-refractivity contribution in [3.63, 3.8) is 0 Å². The Hall–Kier alpha value is -0.770. The van der Waals surface area contributed by atoms with Gasteiger partial charge in [-0.2, -0.15) is 0 Å². The molecule has 4 N–H and O–H groups in total. The Labute approximate surface area is 267 Å². The topological polar surface area (TPSA) is 126 Å². The van der Waals surface area contributed by atoms with E-state index >= 15 is 0 Å². The Balaban J connectivity index is 1.17. The van der Waals surface area contributed by atoms with Crippen molar-refractivity contribution in [2.24, 2.45) is 5.92 Å². The molecular weight excluding hydrogens is 560 g/mol. The van der Waals surface area contributed by atoms with Gasteiger partial charge in [0.05, 0.1) is 60.9 Å². The smallest absolute Gasteiger partial charge is 0.311 e. The molecule has 44 heavy (non-hydrogen) atoms. The average Bonchev–Trinajstić information content (AvgIpc) is 3.76. The first kappa shape index (κ1) is 37.7. The van der Waals surface area contributed by atoms with Crippen molar-refractivity contribution in [3.8, 4) is 0 Å². The lowest BCUT2D eigenvalue weighted by atomic mass is 9.94. The minimum Gasteiger partial charge on any atom is -0.462 e. The summed E-state index contributed by atoms with van der Waals surface area (Å²) in [4.78, 5) is 11.8. The van der Waals surface area contributed by atoms with Gasteiger partial charge in [-0.25, -0.2) is 0 Å². The zero-order valence-electron chi connectivity index (χ0n) is 28.0. The van der Waals surface area contributed by atoms with Gasteiger partial charge in [-0.3, -0.25) is 4.79 Å². The largest absolute Gasteiger partial charge is 0.462 e. The predicted octanol–water partition coefficient (Wildman–Crippen LogP) is 6.52. The van der Waals surface area contributed by atoms with Crippen LogP contribution in [0.2, 0.25) is 0 Å². The van der Waals surface area contributed by atoms with E-state index < -0.39 is 24.4 Å². The zero-order valence-corrected chi connectivity index (χ0v) is 28.0. The van der Waals surface area contributed by atoms with E-state index in [0.717, 1.165) is 83.5 Å². The van der Waals surface area contributed by atoms with Crippen LogP contribution < -0.4 is 0 Å². The quantitative estimate of drug-likeness (QED) is 0.0705. The Bertz CT molecular complexity index is 764. The molecule has 3 aliphatic heterocycles. The summed E-state index contributed by atoms with van der Waals surface area (Å²) in [5.41, 5.74) is 0. The molecule has 0 saturated carbocycles. The minimum absolute atomic E-state index is 0.0818. The number of aliphatic hydroxyl groups excluding tert-OH is 4. The second-order valence-corrected chi connectivity index (χ2v) is 14.2. The van der Waals surface area contributed by atoms with Crippen LogP contribution in [0.15, 0.2) is 0 Å². The number of carbonyl (C=O) groups is 1. The molecule has 3 saturated heterocycles. The van der Waals surface area contributed by atoms with Crippen LogP contribution in [0.4, 0.5) is 0 Å². The van der Waals surface area contributed by atoms with Gasteiger partial charge in [0.25, 0.3) is 0 Å². The van der Waals surface area contributed by atoms with Crippen LogP contribution >= 0.6 is 0 Å². The normalized spacial score (nSPS) is 30.0. The van der Waals surface area contributed by atoms with Crippen LogP contribution in [0.1, 0.15) is 162 Å². The predicted molar refractivity (Wildman–Crippen MR) is 172 cm³/mol. The maximum Gasteiger partial charge on any atom is 0.311 e. The molecule has 3 rings (SSSR count). The summed E-state index contributed by atoms with van der Waals surface area (Å²) in [5.74, 6) is -0.606. The molecular formula is C36H66O8. The van der Waals surface area contributed by atoms with E-state index in [9.17, 15) is 25.2 Å². The van der Waals surface area contributed by atoms with Crippen LogP contribution in [-0.2, 0) is 19.0 Å². The van der Waals surface area contributed by atoms with Crippen molar-refractivity contribution in [3.05, 3.63) is 0 Å². The van der Waals surface area contributed by atoms with Gasteiger partial charge < -0.3 is 34.6 Å². The second kappa shape index (κ2) is 21.2. The molecule has 0 aromatic rings. The number of carbonyl (C=O) groups excluding carboxylic acids is 1. The SMILES string of the molecule is CCCCCCCCCC[C@@H](O)[C@@H]1CC[C@@H]([C@@H](O)CC[C@@H](O)[C@H]2CCC(CCCCCCCC(O)C3CC(C)OC3=O)O2)O1. The molecule has 3 fully saturated rings. The zero-order chi connectivity index (χ0) is 31.7. The van der Waals surface area contributed by atoms with Crippen LogP contribution in [-0.4, -0.2) is 81.3 Å². The third-order valence-electron chi connectivity index (χ3n) is 10.3. The monoisotopic (exact) mass is 626 g/mol. The van der Waals surface area contributed by atoms with E-state index in [1.165, 1.54) is 38.5 Å². The first-order valence-electron chi connectivity index (χ1n) is 18.5. The fraction of sp³-hybridized carbons (Fsp3) is 0.972. The third-order valence-corrected chi connectivity index (χ3v) is 10.3. The lowest BCUT2D eigenvalue weighted by Gasteiger charge is -2.24. The van der Waals surface area contributed by atoms with Crippen LogP contribution in [0, 0.1) is 5.92 Å². The molecule has 0 aromatic heterocycles. The van der Waals surface area contributed by atoms with Gasteiger partial charge in [-0.05, 0) is 71.1 Å². The van der Waals surface area contributed by atoms with E-state index in [-0.39, 0.29) is 42.4 Å². The number of aliphatic hydroxyl groups is 4. The van der Waals surface area contributed by atoms with Gasteiger partial charge in [0, 0.05) is 0 Å². The number of hydrogen-bond donors (Lipinski definition) is 4. The maximum atomic E-state index is 11.8. The molecule has 0 spiro atoms. The average molecular weight is 627 g/mol. The van der Waals surface area contributed by atoms with Crippen molar-refractivity contribution in [1.29, 1.82) is 0 Å². The fourth-order valence-electron chi connectivity index (χ4n) is 7.43. The van der Waals surface area contributed by atoms with Crippen LogP contribution in [0.3, 0.4) is 0 Å². The van der Waals surface area contributed by atoms with Gasteiger partial charge in [0.2, 0.25) is 0 Å². The Kier molecular flexibility index (Phi) is 18.1. The first-order valence-corrected chi connectivity index (χ1v) is 18.5. The molecule has 3 aliphatic rings. The highest BCUT2D eigenvalue weighted by atomic mass is 16.6. The molecule has 8 heteroatoms. The number of esters is 1. The van der Waals surface area contributed by atoms with E-state index in [1.54, 1.807) is 0 Å². The molecule has 258 valence electrons. The summed E-state index contributed by atoms with van der Waals surface area (Å²) >= 11 is 0. The molecule has 3 heterocycles. The van der Waals surface area contributed by atoms with Gasteiger partial charge in [0.1, 0.15) is 0 Å². The highest BCUT2D eigenvalue weighted by Crippen LogP contribution is 2.31. The minimum atomic E-state index is -0.626. The lowest BCUT2D eigenvalue weighted by Crippen LogP contribution is -2.33. The van der Waals surface area contributed by atoms with Gasteiger partial charge in [-0.1, -0.05) is 90.4 Å². The van der Waals surface area contributed by atoms with E-state index in [0.29, 0.717) is 25.7 Å². The summed E-state index contributed by atoms with van der Waals surface area (Å²) in [6, 6.07) is 0. The van der Waals surface area contributed by atoms with Crippen molar-refractivity contribution in [1.82, 2.24) is 0 Å². The summed E-state index contributed by atoms with van der Waals surface area (Å²) in [6.45, 7) is 4.11. The summed E-state index contributed by atoms with van der Waals surface area (Å²) in [6.07, 6.45) is 19.9. The highest BCUT2D eigenvalue weighted by Gasteiger charge is 2.37. The second-order valence-electron chi connectivity index (χ2n) is 14.2. The Morgan fingerprint density at radius 2 is 1.09 bits per heavy atom. The van der Waals surface area contributed by atoms with Crippen molar-refractivity contribution >= 4 is 5.97 Å². The number of rotatable bonds is 24. The van der Waals surface area contributed by atoms with Crippen molar-refractivity contribution in [2.75, 3.05) is 0 Å². The molecule has 10 atom stereocenters. The molecule has 0 bridgehead atoms. The van der Waals surface area contributed by atoms with Crippen LogP contribution in [0.5, 0.6) is 0 Å². The molecule has 0 amide bonds. The van der Waals surface area contributed by atoms with Gasteiger partial charge >= 0.3 is 5.97 Å². The van der Waals surface area contributed by atoms with Crippen LogP contribution in [0.25, 0.3) is 0 Å². The van der Waals surface area contributed by atoms with Crippen molar-refractivity contribution in [2.45, 2.75) is 216 Å².